The highest BCUT2D eigenvalue weighted by Gasteiger charge is 2.18. The molecule has 0 spiro atoms. The first kappa shape index (κ1) is 17.8. The summed E-state index contributed by atoms with van der Waals surface area (Å²) in [5.74, 6) is 0.543. The van der Waals surface area contributed by atoms with Gasteiger partial charge in [0.25, 0.3) is 0 Å². The standard InChI is InChI=1S/C21H21N5O2/c27-21(28)16-5-4-6-17(13-16)24-19-14-20(23-15-22-19)26-11-9-25(10-12-26)18-7-2-1-3-8-18/h1-8,13-15H,9-12H2,(H,27,28)(H,22,23,24). The van der Waals surface area contributed by atoms with Crippen LogP contribution in [-0.4, -0.2) is 47.2 Å². The van der Waals surface area contributed by atoms with Crippen molar-refractivity contribution >= 4 is 29.0 Å². The highest BCUT2D eigenvalue weighted by molar-refractivity contribution is 5.89. The first-order valence-corrected chi connectivity index (χ1v) is 9.16. The van der Waals surface area contributed by atoms with Gasteiger partial charge in [-0.1, -0.05) is 24.3 Å². The third-order valence-electron chi connectivity index (χ3n) is 4.76. The van der Waals surface area contributed by atoms with Crippen LogP contribution in [0.4, 0.5) is 23.0 Å². The largest absolute Gasteiger partial charge is 0.478 e. The molecular weight excluding hydrogens is 354 g/mol. The van der Waals surface area contributed by atoms with Crippen molar-refractivity contribution in [3.8, 4) is 0 Å². The lowest BCUT2D eigenvalue weighted by molar-refractivity contribution is 0.0697. The van der Waals surface area contributed by atoms with Gasteiger partial charge in [-0.15, -0.1) is 0 Å². The van der Waals surface area contributed by atoms with Crippen molar-refractivity contribution in [2.24, 2.45) is 0 Å². The van der Waals surface area contributed by atoms with Crippen molar-refractivity contribution in [1.82, 2.24) is 9.97 Å². The zero-order chi connectivity index (χ0) is 19.3. The molecule has 28 heavy (non-hydrogen) atoms. The van der Waals surface area contributed by atoms with E-state index >= 15 is 0 Å². The lowest BCUT2D eigenvalue weighted by atomic mass is 10.2. The van der Waals surface area contributed by atoms with E-state index in [1.165, 1.54) is 12.0 Å². The topological polar surface area (TPSA) is 81.6 Å². The van der Waals surface area contributed by atoms with Crippen LogP contribution in [-0.2, 0) is 0 Å². The number of hydrogen-bond acceptors (Lipinski definition) is 6. The zero-order valence-corrected chi connectivity index (χ0v) is 15.3. The minimum atomic E-state index is -0.955. The quantitative estimate of drug-likeness (QED) is 0.708. The van der Waals surface area contributed by atoms with Crippen LogP contribution in [0.2, 0.25) is 0 Å². The summed E-state index contributed by atoms with van der Waals surface area (Å²) in [7, 11) is 0. The molecule has 0 atom stereocenters. The normalized spacial score (nSPS) is 14.0. The van der Waals surface area contributed by atoms with E-state index in [1.54, 1.807) is 18.2 Å². The summed E-state index contributed by atoms with van der Waals surface area (Å²) in [4.78, 5) is 24.4. The number of hydrogen-bond donors (Lipinski definition) is 2. The highest BCUT2D eigenvalue weighted by Crippen LogP contribution is 2.22. The molecule has 2 N–H and O–H groups in total. The van der Waals surface area contributed by atoms with Gasteiger partial charge >= 0.3 is 5.97 Å². The first-order chi connectivity index (χ1) is 13.7. The van der Waals surface area contributed by atoms with Crippen LogP contribution in [0.25, 0.3) is 0 Å². The molecule has 4 rings (SSSR count). The maximum atomic E-state index is 11.1. The molecule has 0 saturated carbocycles. The minimum absolute atomic E-state index is 0.233. The smallest absolute Gasteiger partial charge is 0.335 e. The molecule has 1 aromatic heterocycles. The number of rotatable bonds is 5. The summed E-state index contributed by atoms with van der Waals surface area (Å²) in [6.07, 6.45) is 1.53. The van der Waals surface area contributed by atoms with E-state index in [1.807, 2.05) is 18.2 Å². The van der Waals surface area contributed by atoms with Crippen molar-refractivity contribution in [2.75, 3.05) is 41.3 Å². The second-order valence-corrected chi connectivity index (χ2v) is 6.58. The molecule has 0 amide bonds. The molecular formula is C21H21N5O2. The number of para-hydroxylation sites is 1. The maximum absolute atomic E-state index is 11.1. The molecule has 1 fully saturated rings. The predicted octanol–water partition coefficient (Wildman–Crippen LogP) is 3.25. The molecule has 1 saturated heterocycles. The van der Waals surface area contributed by atoms with Crippen LogP contribution in [0.5, 0.6) is 0 Å². The van der Waals surface area contributed by atoms with Gasteiger partial charge in [0.15, 0.2) is 0 Å². The molecule has 0 aliphatic carbocycles. The minimum Gasteiger partial charge on any atom is -0.478 e. The number of aromatic nitrogens is 2. The van der Waals surface area contributed by atoms with Crippen LogP contribution in [0.3, 0.4) is 0 Å². The van der Waals surface area contributed by atoms with Crippen LogP contribution in [0.15, 0.2) is 67.0 Å². The Morgan fingerprint density at radius 2 is 1.64 bits per heavy atom. The molecule has 2 heterocycles. The number of anilines is 4. The fourth-order valence-corrected chi connectivity index (χ4v) is 3.30. The van der Waals surface area contributed by atoms with Crippen molar-refractivity contribution < 1.29 is 9.90 Å². The number of carbonyl (C=O) groups is 1. The Kier molecular flexibility index (Phi) is 5.05. The third kappa shape index (κ3) is 4.03. The summed E-state index contributed by atoms with van der Waals surface area (Å²) in [5, 5.41) is 12.3. The zero-order valence-electron chi connectivity index (χ0n) is 15.3. The highest BCUT2D eigenvalue weighted by atomic mass is 16.4. The second-order valence-electron chi connectivity index (χ2n) is 6.58. The fraction of sp³-hybridized carbons (Fsp3) is 0.190. The van der Waals surface area contributed by atoms with Gasteiger partial charge in [0.1, 0.15) is 18.0 Å². The molecule has 3 aromatic rings. The maximum Gasteiger partial charge on any atom is 0.335 e. The number of nitrogens with one attached hydrogen (secondary N) is 1. The second kappa shape index (κ2) is 7.96. The van der Waals surface area contributed by atoms with Gasteiger partial charge < -0.3 is 20.2 Å². The van der Waals surface area contributed by atoms with Gasteiger partial charge in [0.05, 0.1) is 5.56 Å². The van der Waals surface area contributed by atoms with E-state index in [9.17, 15) is 4.79 Å². The summed E-state index contributed by atoms with van der Waals surface area (Å²) >= 11 is 0. The van der Waals surface area contributed by atoms with E-state index in [2.05, 4.69) is 49.4 Å². The Hall–Kier alpha value is -3.61. The van der Waals surface area contributed by atoms with Crippen molar-refractivity contribution in [3.63, 3.8) is 0 Å². The molecule has 0 unspecified atom stereocenters. The van der Waals surface area contributed by atoms with Gasteiger partial charge in [0.2, 0.25) is 0 Å². The van der Waals surface area contributed by atoms with Crippen LogP contribution in [0.1, 0.15) is 10.4 Å². The molecule has 7 heteroatoms. The molecule has 0 bridgehead atoms. The molecule has 1 aliphatic rings. The summed E-state index contributed by atoms with van der Waals surface area (Å²) in [5.41, 5.74) is 2.15. The summed E-state index contributed by atoms with van der Waals surface area (Å²) < 4.78 is 0. The van der Waals surface area contributed by atoms with E-state index in [0.29, 0.717) is 11.5 Å². The van der Waals surface area contributed by atoms with Crippen LogP contribution < -0.4 is 15.1 Å². The van der Waals surface area contributed by atoms with Crippen LogP contribution in [0, 0.1) is 0 Å². The number of benzene rings is 2. The Bertz CT molecular complexity index is 956. The average Bonchev–Trinajstić information content (AvgIpc) is 2.75. The van der Waals surface area contributed by atoms with E-state index < -0.39 is 5.97 Å². The first-order valence-electron chi connectivity index (χ1n) is 9.16. The molecule has 142 valence electrons. The van der Waals surface area contributed by atoms with Gasteiger partial charge in [0, 0.05) is 43.6 Å². The lowest BCUT2D eigenvalue weighted by Gasteiger charge is -2.36. The van der Waals surface area contributed by atoms with Crippen molar-refractivity contribution in [3.05, 3.63) is 72.6 Å². The SMILES string of the molecule is O=C(O)c1cccc(Nc2cc(N3CCN(c4ccccc4)CC3)ncn2)c1. The molecule has 1 aliphatic heterocycles. The summed E-state index contributed by atoms with van der Waals surface area (Å²) in [6.45, 7) is 3.61. The predicted molar refractivity (Wildman–Crippen MR) is 110 cm³/mol. The number of nitrogens with zero attached hydrogens (tertiary/aromatic N) is 4. The third-order valence-corrected chi connectivity index (χ3v) is 4.76. The monoisotopic (exact) mass is 375 g/mol. The molecule has 2 aromatic carbocycles. The average molecular weight is 375 g/mol. The Morgan fingerprint density at radius 3 is 2.39 bits per heavy atom. The van der Waals surface area contributed by atoms with E-state index in [-0.39, 0.29) is 5.56 Å². The number of carboxylic acids is 1. The van der Waals surface area contributed by atoms with E-state index in [0.717, 1.165) is 32.0 Å². The summed E-state index contributed by atoms with van der Waals surface area (Å²) in [6, 6.07) is 19.0. The van der Waals surface area contributed by atoms with Gasteiger partial charge in [-0.3, -0.25) is 0 Å². The molecule has 7 nitrogen and oxygen atoms in total. The fourth-order valence-electron chi connectivity index (χ4n) is 3.30. The Labute approximate surface area is 163 Å². The van der Waals surface area contributed by atoms with Gasteiger partial charge in [-0.25, -0.2) is 14.8 Å². The van der Waals surface area contributed by atoms with Crippen molar-refractivity contribution in [2.45, 2.75) is 0 Å². The Balaban J connectivity index is 1.43. The van der Waals surface area contributed by atoms with Crippen molar-refractivity contribution in [1.29, 1.82) is 0 Å². The van der Waals surface area contributed by atoms with E-state index in [4.69, 9.17) is 5.11 Å². The Morgan fingerprint density at radius 1 is 0.893 bits per heavy atom. The number of aromatic carboxylic acids is 1. The van der Waals surface area contributed by atoms with Crippen LogP contribution >= 0.6 is 0 Å². The van der Waals surface area contributed by atoms with Gasteiger partial charge in [-0.05, 0) is 30.3 Å². The lowest BCUT2D eigenvalue weighted by Crippen LogP contribution is -2.46. The van der Waals surface area contributed by atoms with Gasteiger partial charge in [-0.2, -0.15) is 0 Å². The molecule has 0 radical (unpaired) electrons. The number of piperazine rings is 1. The number of carboxylic acid groups (broad SMARTS) is 1.